The maximum atomic E-state index is 12.7. The van der Waals surface area contributed by atoms with E-state index in [1.807, 2.05) is 6.07 Å². The van der Waals surface area contributed by atoms with Gasteiger partial charge in [0.25, 0.3) is 0 Å². The summed E-state index contributed by atoms with van der Waals surface area (Å²) >= 11 is 0. The molecule has 1 fully saturated rings. The van der Waals surface area contributed by atoms with Crippen molar-refractivity contribution in [2.45, 2.75) is 51.4 Å². The molecule has 8 nitrogen and oxygen atoms in total. The molecule has 0 unspecified atom stereocenters. The molecule has 8 heteroatoms. The van der Waals surface area contributed by atoms with Crippen molar-refractivity contribution in [2.24, 2.45) is 0 Å². The summed E-state index contributed by atoms with van der Waals surface area (Å²) in [6, 6.07) is 17.4. The zero-order valence-corrected chi connectivity index (χ0v) is 21.9. The molecule has 4 N–H and O–H groups in total. The first-order chi connectivity index (χ1) is 18.2. The van der Waals surface area contributed by atoms with Gasteiger partial charge in [-0.1, -0.05) is 42.5 Å². The van der Waals surface area contributed by atoms with Crippen molar-refractivity contribution >= 4 is 23.5 Å². The number of benzene rings is 2. The number of allylic oxidation sites excluding steroid dienone is 2. The zero-order valence-electron chi connectivity index (χ0n) is 21.9. The number of piperidine rings is 1. The highest BCUT2D eigenvalue weighted by atomic mass is 16.4. The molecule has 2 aliphatic rings. The third-order valence-corrected chi connectivity index (χ3v) is 7.46. The van der Waals surface area contributed by atoms with Gasteiger partial charge in [-0.3, -0.25) is 4.79 Å². The number of anilines is 1. The number of nitrogens with zero attached hydrogens (tertiary/aromatic N) is 1. The minimum atomic E-state index is -1.19. The van der Waals surface area contributed by atoms with Gasteiger partial charge in [0.1, 0.15) is 0 Å². The fourth-order valence-electron chi connectivity index (χ4n) is 5.59. The maximum Gasteiger partial charge on any atom is 0.334 e. The Bertz CT molecular complexity index is 1220. The normalized spacial score (nSPS) is 17.3. The summed E-state index contributed by atoms with van der Waals surface area (Å²) in [6.07, 6.45) is 3.36. The molecule has 0 aliphatic carbocycles. The van der Waals surface area contributed by atoms with Gasteiger partial charge in [0.05, 0.1) is 17.1 Å². The van der Waals surface area contributed by atoms with Gasteiger partial charge >= 0.3 is 11.9 Å². The van der Waals surface area contributed by atoms with Gasteiger partial charge in [-0.05, 0) is 81.9 Å². The second kappa shape index (κ2) is 12.1. The number of carbonyl (C=O) groups is 3. The molecular formula is C30H35N3O5. The maximum absolute atomic E-state index is 12.7. The van der Waals surface area contributed by atoms with Crippen molar-refractivity contribution in [3.05, 3.63) is 88.3 Å². The first-order valence-electron chi connectivity index (χ1n) is 13.1. The van der Waals surface area contributed by atoms with Crippen LogP contribution in [-0.4, -0.2) is 52.6 Å². The van der Waals surface area contributed by atoms with Crippen LogP contribution in [0.4, 0.5) is 5.69 Å². The van der Waals surface area contributed by atoms with Crippen molar-refractivity contribution in [2.75, 3.05) is 25.0 Å². The second-order valence-corrected chi connectivity index (χ2v) is 10.0. The van der Waals surface area contributed by atoms with Gasteiger partial charge in [0.2, 0.25) is 5.91 Å². The first kappa shape index (κ1) is 27.1. The number of hydrogen-bond donors (Lipinski definition) is 4. The summed E-state index contributed by atoms with van der Waals surface area (Å²) in [6.45, 7) is 6.15. The number of hydrogen-bond acceptors (Lipinski definition) is 5. The third kappa shape index (κ3) is 6.31. The Labute approximate surface area is 223 Å². The molecule has 0 saturated carbocycles. The van der Waals surface area contributed by atoms with Gasteiger partial charge in [0.15, 0.2) is 0 Å². The van der Waals surface area contributed by atoms with E-state index in [1.54, 1.807) is 38.1 Å². The zero-order chi connectivity index (χ0) is 27.2. The van der Waals surface area contributed by atoms with E-state index in [1.165, 1.54) is 5.56 Å². The van der Waals surface area contributed by atoms with Crippen molar-refractivity contribution in [3.63, 3.8) is 0 Å². The third-order valence-electron chi connectivity index (χ3n) is 7.46. The van der Waals surface area contributed by atoms with Gasteiger partial charge in [-0.2, -0.15) is 0 Å². The summed E-state index contributed by atoms with van der Waals surface area (Å²) in [5, 5.41) is 25.4. The number of carbonyl (C=O) groups excluding carboxylic acids is 1. The average molecular weight is 518 g/mol. The molecule has 0 aromatic heterocycles. The Kier molecular flexibility index (Phi) is 8.63. The second-order valence-electron chi connectivity index (χ2n) is 10.0. The number of carboxylic acids is 2. The van der Waals surface area contributed by atoms with Crippen LogP contribution in [0.25, 0.3) is 0 Å². The van der Waals surface area contributed by atoms with Crippen molar-refractivity contribution in [3.8, 4) is 0 Å². The quantitative estimate of drug-likeness (QED) is 0.381. The number of dihydropyridines is 1. The Hall–Kier alpha value is -3.91. The molecule has 0 spiro atoms. The van der Waals surface area contributed by atoms with Crippen LogP contribution in [0, 0.1) is 0 Å². The van der Waals surface area contributed by atoms with Crippen LogP contribution in [0.15, 0.2) is 77.1 Å². The molecule has 200 valence electrons. The van der Waals surface area contributed by atoms with E-state index >= 15 is 0 Å². The highest BCUT2D eigenvalue weighted by Crippen LogP contribution is 2.39. The Morgan fingerprint density at radius 1 is 0.895 bits per heavy atom. The molecule has 38 heavy (non-hydrogen) atoms. The van der Waals surface area contributed by atoms with Gasteiger partial charge in [-0.25, -0.2) is 9.59 Å². The minimum absolute atomic E-state index is 0.0208. The monoisotopic (exact) mass is 517 g/mol. The summed E-state index contributed by atoms with van der Waals surface area (Å²) in [7, 11) is 0. The Balaban J connectivity index is 1.34. The molecule has 2 heterocycles. The standard InChI is InChI=1S/C30H35N3O5/c1-19-26(29(35)36)28(27(30(37)38)20(2)31-19)23-10-6-11-24(18-23)32-25(34)12-7-15-33-16-13-22(14-17-33)21-8-4-3-5-9-21/h3-6,8-11,18,22,28,31H,7,12-17H2,1-2H3,(H,32,34)(H,35,36)(H,37,38). The van der Waals surface area contributed by atoms with Gasteiger partial charge in [0, 0.05) is 23.5 Å². The highest BCUT2D eigenvalue weighted by molar-refractivity contribution is 5.98. The first-order valence-corrected chi connectivity index (χ1v) is 13.1. The number of likely N-dealkylation sites (tertiary alicyclic amines) is 1. The molecule has 4 rings (SSSR count). The molecule has 2 aromatic rings. The van der Waals surface area contributed by atoms with Crippen molar-refractivity contribution in [1.29, 1.82) is 0 Å². The fraction of sp³-hybridized carbons (Fsp3) is 0.367. The lowest BCUT2D eigenvalue weighted by molar-refractivity contribution is -0.133. The molecule has 0 atom stereocenters. The topological polar surface area (TPSA) is 119 Å². The summed E-state index contributed by atoms with van der Waals surface area (Å²) in [5.74, 6) is -2.85. The van der Waals surface area contributed by atoms with Crippen molar-refractivity contribution < 1.29 is 24.6 Å². The number of rotatable bonds is 9. The average Bonchev–Trinajstić information content (AvgIpc) is 2.89. The molecule has 0 bridgehead atoms. The van der Waals surface area contributed by atoms with E-state index in [0.29, 0.717) is 35.0 Å². The predicted octanol–water partition coefficient (Wildman–Crippen LogP) is 4.69. The van der Waals surface area contributed by atoms with E-state index < -0.39 is 17.9 Å². The van der Waals surface area contributed by atoms with Gasteiger partial charge in [-0.15, -0.1) is 0 Å². The largest absolute Gasteiger partial charge is 0.478 e. The number of carboxylic acid groups (broad SMARTS) is 2. The summed E-state index contributed by atoms with van der Waals surface area (Å²) < 4.78 is 0. The predicted molar refractivity (Wildman–Crippen MR) is 146 cm³/mol. The fourth-order valence-corrected chi connectivity index (χ4v) is 5.59. The summed E-state index contributed by atoms with van der Waals surface area (Å²) in [5.41, 5.74) is 3.17. The molecule has 1 amide bonds. The van der Waals surface area contributed by atoms with Crippen LogP contribution in [0.1, 0.15) is 62.5 Å². The lowest BCUT2D eigenvalue weighted by Crippen LogP contribution is -2.34. The highest BCUT2D eigenvalue weighted by Gasteiger charge is 2.36. The smallest absolute Gasteiger partial charge is 0.334 e. The lowest BCUT2D eigenvalue weighted by Gasteiger charge is -2.32. The molecule has 2 aliphatic heterocycles. The molecule has 0 radical (unpaired) electrons. The minimum Gasteiger partial charge on any atom is -0.478 e. The van der Waals surface area contributed by atoms with Crippen LogP contribution >= 0.6 is 0 Å². The van der Waals surface area contributed by atoms with E-state index in [2.05, 4.69) is 39.8 Å². The van der Waals surface area contributed by atoms with E-state index in [0.717, 1.165) is 38.9 Å². The molecular weight excluding hydrogens is 482 g/mol. The van der Waals surface area contributed by atoms with Crippen LogP contribution in [-0.2, 0) is 14.4 Å². The SMILES string of the molecule is CC1=C(C(=O)O)C(c2cccc(NC(=O)CCCN3CCC(c4ccccc4)CC3)c2)C(C(=O)O)=C(C)N1. The number of amides is 1. The van der Waals surface area contributed by atoms with Crippen molar-refractivity contribution in [1.82, 2.24) is 10.2 Å². The van der Waals surface area contributed by atoms with Crippen LogP contribution in [0.3, 0.4) is 0 Å². The van der Waals surface area contributed by atoms with Crippen LogP contribution < -0.4 is 10.6 Å². The van der Waals surface area contributed by atoms with E-state index in [4.69, 9.17) is 0 Å². The Morgan fingerprint density at radius 3 is 2.11 bits per heavy atom. The van der Waals surface area contributed by atoms with Crippen LogP contribution in [0.5, 0.6) is 0 Å². The number of nitrogens with one attached hydrogen (secondary N) is 2. The Morgan fingerprint density at radius 2 is 1.50 bits per heavy atom. The van der Waals surface area contributed by atoms with E-state index in [-0.39, 0.29) is 17.1 Å². The molecule has 2 aromatic carbocycles. The number of aliphatic carboxylic acids is 2. The summed E-state index contributed by atoms with van der Waals surface area (Å²) in [4.78, 5) is 39.2. The van der Waals surface area contributed by atoms with Crippen LogP contribution in [0.2, 0.25) is 0 Å². The lowest BCUT2D eigenvalue weighted by atomic mass is 9.80. The van der Waals surface area contributed by atoms with Gasteiger partial charge < -0.3 is 25.7 Å². The molecule has 1 saturated heterocycles. The van der Waals surface area contributed by atoms with E-state index in [9.17, 15) is 24.6 Å².